The smallest absolute Gasteiger partial charge is 0.137 e. The SMILES string of the molecule is CC(C)(C)N1C[C@H](CO)O[C@H]1c1ccccc1. The van der Waals surface area contributed by atoms with Crippen LogP contribution in [0.15, 0.2) is 30.3 Å². The van der Waals surface area contributed by atoms with E-state index in [4.69, 9.17) is 4.74 Å². The number of aliphatic hydroxyl groups is 1. The van der Waals surface area contributed by atoms with E-state index in [1.54, 1.807) is 0 Å². The van der Waals surface area contributed by atoms with Gasteiger partial charge < -0.3 is 9.84 Å². The van der Waals surface area contributed by atoms with Gasteiger partial charge in [0.05, 0.1) is 12.7 Å². The maximum absolute atomic E-state index is 9.26. The summed E-state index contributed by atoms with van der Waals surface area (Å²) in [6.07, 6.45) is -0.132. The zero-order chi connectivity index (χ0) is 12.5. The Bertz CT molecular complexity index is 358. The zero-order valence-corrected chi connectivity index (χ0v) is 10.8. The van der Waals surface area contributed by atoms with E-state index in [0.29, 0.717) is 0 Å². The molecule has 1 aromatic rings. The lowest BCUT2D eigenvalue weighted by molar-refractivity contribution is -0.0422. The molecule has 0 spiro atoms. The Morgan fingerprint density at radius 1 is 1.29 bits per heavy atom. The maximum atomic E-state index is 9.26. The van der Waals surface area contributed by atoms with Crippen molar-refractivity contribution in [3.63, 3.8) is 0 Å². The number of nitrogens with zero attached hydrogens (tertiary/aromatic N) is 1. The molecule has 1 fully saturated rings. The minimum absolute atomic E-state index is 0.0322. The first kappa shape index (κ1) is 12.6. The summed E-state index contributed by atoms with van der Waals surface area (Å²) >= 11 is 0. The summed E-state index contributed by atoms with van der Waals surface area (Å²) in [7, 11) is 0. The van der Waals surface area contributed by atoms with Gasteiger partial charge in [-0.05, 0) is 26.3 Å². The fourth-order valence-electron chi connectivity index (χ4n) is 2.22. The topological polar surface area (TPSA) is 32.7 Å². The molecule has 0 unspecified atom stereocenters. The van der Waals surface area contributed by atoms with Crippen LogP contribution in [0.3, 0.4) is 0 Å². The van der Waals surface area contributed by atoms with Crippen LogP contribution in [0, 0.1) is 0 Å². The lowest BCUT2D eigenvalue weighted by Gasteiger charge is -2.35. The van der Waals surface area contributed by atoms with Crippen molar-refractivity contribution in [2.45, 2.75) is 38.6 Å². The highest BCUT2D eigenvalue weighted by Crippen LogP contribution is 2.35. The van der Waals surface area contributed by atoms with Crippen LogP contribution in [0.1, 0.15) is 32.6 Å². The van der Waals surface area contributed by atoms with Crippen LogP contribution in [-0.4, -0.2) is 34.8 Å². The predicted molar refractivity (Wildman–Crippen MR) is 67.6 cm³/mol. The van der Waals surface area contributed by atoms with Gasteiger partial charge in [0.1, 0.15) is 6.23 Å². The van der Waals surface area contributed by atoms with Crippen molar-refractivity contribution in [1.82, 2.24) is 4.90 Å². The Morgan fingerprint density at radius 3 is 2.47 bits per heavy atom. The van der Waals surface area contributed by atoms with E-state index in [1.165, 1.54) is 0 Å². The first-order valence-corrected chi connectivity index (χ1v) is 6.10. The summed E-state index contributed by atoms with van der Waals surface area (Å²) in [4.78, 5) is 2.29. The molecule has 0 aliphatic carbocycles. The second kappa shape index (κ2) is 4.77. The second-order valence-electron chi connectivity index (χ2n) is 5.53. The third kappa shape index (κ3) is 2.68. The Morgan fingerprint density at radius 2 is 1.94 bits per heavy atom. The summed E-state index contributed by atoms with van der Waals surface area (Å²) in [6.45, 7) is 7.37. The van der Waals surface area contributed by atoms with Gasteiger partial charge in [0.15, 0.2) is 0 Å². The molecule has 0 aromatic heterocycles. The number of aliphatic hydroxyl groups excluding tert-OH is 1. The Hall–Kier alpha value is -0.900. The van der Waals surface area contributed by atoms with Crippen LogP contribution in [-0.2, 0) is 4.74 Å². The van der Waals surface area contributed by atoms with Crippen LogP contribution < -0.4 is 0 Å². The normalized spacial score (nSPS) is 26.4. The second-order valence-corrected chi connectivity index (χ2v) is 5.53. The highest BCUT2D eigenvalue weighted by Gasteiger charge is 2.39. The number of rotatable bonds is 2. The number of benzene rings is 1. The lowest BCUT2D eigenvalue weighted by atomic mass is 10.0. The summed E-state index contributed by atoms with van der Waals surface area (Å²) in [5.41, 5.74) is 1.18. The largest absolute Gasteiger partial charge is 0.394 e. The molecule has 1 aliphatic rings. The fraction of sp³-hybridized carbons (Fsp3) is 0.571. The molecule has 2 rings (SSSR count). The molecular formula is C14H21NO2. The van der Waals surface area contributed by atoms with E-state index in [-0.39, 0.29) is 24.5 Å². The molecule has 1 N–H and O–H groups in total. The molecular weight excluding hydrogens is 214 g/mol. The minimum Gasteiger partial charge on any atom is -0.394 e. The van der Waals surface area contributed by atoms with Gasteiger partial charge in [-0.15, -0.1) is 0 Å². The standard InChI is InChI=1S/C14H21NO2/c1-14(2,3)15-9-12(10-16)17-13(15)11-7-5-4-6-8-11/h4-8,12-13,16H,9-10H2,1-3H3/t12-,13+/m1/s1. The van der Waals surface area contributed by atoms with Gasteiger partial charge in [0, 0.05) is 12.1 Å². The number of hydrogen-bond donors (Lipinski definition) is 1. The number of ether oxygens (including phenoxy) is 1. The monoisotopic (exact) mass is 235 g/mol. The van der Waals surface area contributed by atoms with Crippen LogP contribution in [0.5, 0.6) is 0 Å². The Balaban J connectivity index is 2.25. The van der Waals surface area contributed by atoms with Crippen molar-refractivity contribution in [2.24, 2.45) is 0 Å². The molecule has 0 radical (unpaired) electrons. The summed E-state index contributed by atoms with van der Waals surface area (Å²) in [5.74, 6) is 0. The van der Waals surface area contributed by atoms with Gasteiger partial charge in [-0.25, -0.2) is 0 Å². The maximum Gasteiger partial charge on any atom is 0.137 e. The molecule has 3 heteroatoms. The molecule has 2 atom stereocenters. The van der Waals surface area contributed by atoms with Gasteiger partial charge in [0.2, 0.25) is 0 Å². The van der Waals surface area contributed by atoms with Crippen molar-refractivity contribution >= 4 is 0 Å². The lowest BCUT2D eigenvalue weighted by Crippen LogP contribution is -2.41. The fourth-order valence-corrected chi connectivity index (χ4v) is 2.22. The van der Waals surface area contributed by atoms with Gasteiger partial charge in [-0.3, -0.25) is 4.90 Å². The van der Waals surface area contributed by atoms with E-state index >= 15 is 0 Å². The highest BCUT2D eigenvalue weighted by molar-refractivity contribution is 5.18. The van der Waals surface area contributed by atoms with Gasteiger partial charge in [-0.1, -0.05) is 30.3 Å². The molecule has 94 valence electrons. The van der Waals surface area contributed by atoms with Crippen LogP contribution >= 0.6 is 0 Å². The van der Waals surface area contributed by atoms with E-state index < -0.39 is 0 Å². The third-order valence-electron chi connectivity index (χ3n) is 3.15. The van der Waals surface area contributed by atoms with Crippen molar-refractivity contribution in [3.05, 3.63) is 35.9 Å². The summed E-state index contributed by atoms with van der Waals surface area (Å²) in [5, 5.41) is 9.26. The van der Waals surface area contributed by atoms with Crippen molar-refractivity contribution in [3.8, 4) is 0 Å². The van der Waals surface area contributed by atoms with Crippen molar-refractivity contribution < 1.29 is 9.84 Å². The summed E-state index contributed by atoms with van der Waals surface area (Å²) in [6, 6.07) is 10.2. The predicted octanol–water partition coefficient (Wildman–Crippen LogP) is 2.18. The van der Waals surface area contributed by atoms with E-state index in [9.17, 15) is 5.11 Å². The molecule has 1 aliphatic heterocycles. The Kier molecular flexibility index (Phi) is 3.52. The first-order chi connectivity index (χ1) is 8.02. The molecule has 17 heavy (non-hydrogen) atoms. The molecule has 1 saturated heterocycles. The van der Waals surface area contributed by atoms with Gasteiger partial charge in [0.25, 0.3) is 0 Å². The Labute approximate surface area is 103 Å². The van der Waals surface area contributed by atoms with Crippen LogP contribution in [0.25, 0.3) is 0 Å². The molecule has 1 heterocycles. The van der Waals surface area contributed by atoms with Crippen molar-refractivity contribution in [1.29, 1.82) is 0 Å². The van der Waals surface area contributed by atoms with Gasteiger partial charge >= 0.3 is 0 Å². The quantitative estimate of drug-likeness (QED) is 0.852. The van der Waals surface area contributed by atoms with E-state index in [0.717, 1.165) is 12.1 Å². The average molecular weight is 235 g/mol. The van der Waals surface area contributed by atoms with Crippen LogP contribution in [0.4, 0.5) is 0 Å². The first-order valence-electron chi connectivity index (χ1n) is 6.10. The van der Waals surface area contributed by atoms with E-state index in [1.807, 2.05) is 18.2 Å². The minimum atomic E-state index is -0.0839. The third-order valence-corrected chi connectivity index (χ3v) is 3.15. The van der Waals surface area contributed by atoms with E-state index in [2.05, 4.69) is 37.8 Å². The zero-order valence-electron chi connectivity index (χ0n) is 10.8. The van der Waals surface area contributed by atoms with Crippen molar-refractivity contribution in [2.75, 3.05) is 13.2 Å². The van der Waals surface area contributed by atoms with Crippen LogP contribution in [0.2, 0.25) is 0 Å². The number of hydrogen-bond acceptors (Lipinski definition) is 3. The molecule has 3 nitrogen and oxygen atoms in total. The van der Waals surface area contributed by atoms with Gasteiger partial charge in [-0.2, -0.15) is 0 Å². The molecule has 0 amide bonds. The molecule has 0 bridgehead atoms. The average Bonchev–Trinajstić information content (AvgIpc) is 2.74. The highest BCUT2D eigenvalue weighted by atomic mass is 16.5. The summed E-state index contributed by atoms with van der Waals surface area (Å²) < 4.78 is 5.91. The molecule has 1 aromatic carbocycles. The molecule has 0 saturated carbocycles.